The topological polar surface area (TPSA) is 69.7 Å². The molecule has 0 spiro atoms. The molecule has 0 aromatic carbocycles. The number of ether oxygens (including phenoxy) is 1. The van der Waals surface area contributed by atoms with Gasteiger partial charge in [0.05, 0.1) is 13.2 Å². The Labute approximate surface area is 101 Å². The van der Waals surface area contributed by atoms with Crippen LogP contribution in [0.25, 0.3) is 0 Å². The van der Waals surface area contributed by atoms with Gasteiger partial charge in [-0.2, -0.15) is 0 Å². The average molecular weight is 240 g/mol. The van der Waals surface area contributed by atoms with E-state index in [0.29, 0.717) is 39.1 Å². The third-order valence-corrected chi connectivity index (χ3v) is 3.71. The Balaban J connectivity index is 2.02. The first kappa shape index (κ1) is 12.4. The van der Waals surface area contributed by atoms with Crippen LogP contribution in [0, 0.1) is 11.8 Å². The molecule has 1 saturated carbocycles. The lowest BCUT2D eigenvalue weighted by Gasteiger charge is -2.36. The normalized spacial score (nSPS) is 30.0. The molecule has 1 aliphatic carbocycles. The number of carboxylic acid groups (broad SMARTS) is 1. The lowest BCUT2D eigenvalue weighted by molar-refractivity contribution is -0.314. The van der Waals surface area contributed by atoms with E-state index in [1.165, 1.54) is 0 Å². The van der Waals surface area contributed by atoms with Gasteiger partial charge in [0, 0.05) is 30.9 Å². The number of morpholine rings is 1. The molecule has 2 atom stereocenters. The molecule has 1 aliphatic heterocycles. The van der Waals surface area contributed by atoms with Crippen LogP contribution in [-0.2, 0) is 14.3 Å². The molecule has 0 unspecified atom stereocenters. The molecular formula is C12H18NO4-. The Morgan fingerprint density at radius 3 is 2.24 bits per heavy atom. The minimum Gasteiger partial charge on any atom is -0.550 e. The van der Waals surface area contributed by atoms with Gasteiger partial charge in [-0.05, 0) is 12.8 Å². The van der Waals surface area contributed by atoms with Gasteiger partial charge >= 0.3 is 0 Å². The number of hydrogen-bond acceptors (Lipinski definition) is 4. The Morgan fingerprint density at radius 1 is 1.06 bits per heavy atom. The maximum atomic E-state index is 12.2. The van der Waals surface area contributed by atoms with Crippen LogP contribution in [0.15, 0.2) is 0 Å². The van der Waals surface area contributed by atoms with Gasteiger partial charge in [-0.1, -0.05) is 12.8 Å². The summed E-state index contributed by atoms with van der Waals surface area (Å²) in [7, 11) is 0. The van der Waals surface area contributed by atoms with Crippen LogP contribution in [0.1, 0.15) is 25.7 Å². The molecule has 0 aromatic heterocycles. The third kappa shape index (κ3) is 2.77. The van der Waals surface area contributed by atoms with Gasteiger partial charge in [0.1, 0.15) is 0 Å². The molecule has 17 heavy (non-hydrogen) atoms. The lowest BCUT2D eigenvalue weighted by atomic mass is 9.78. The number of carboxylic acids is 1. The van der Waals surface area contributed by atoms with Gasteiger partial charge in [0.2, 0.25) is 5.91 Å². The number of rotatable bonds is 2. The van der Waals surface area contributed by atoms with E-state index < -0.39 is 11.9 Å². The molecule has 2 fully saturated rings. The SMILES string of the molecule is O=C([O-])[C@@H]1CCCC[C@H]1C(=O)N1CCOCC1. The van der Waals surface area contributed by atoms with E-state index in [0.717, 1.165) is 12.8 Å². The lowest BCUT2D eigenvalue weighted by Crippen LogP contribution is -2.49. The molecular weight excluding hydrogens is 222 g/mol. The molecule has 1 heterocycles. The number of carbonyl (C=O) groups is 2. The molecule has 0 aromatic rings. The van der Waals surface area contributed by atoms with Gasteiger partial charge in [0.15, 0.2) is 0 Å². The van der Waals surface area contributed by atoms with Crippen molar-refractivity contribution in [2.75, 3.05) is 26.3 Å². The second-order valence-electron chi connectivity index (χ2n) is 4.75. The van der Waals surface area contributed by atoms with Crippen LogP contribution in [0.2, 0.25) is 0 Å². The maximum absolute atomic E-state index is 12.2. The molecule has 2 aliphatic rings. The monoisotopic (exact) mass is 240 g/mol. The van der Waals surface area contributed by atoms with Gasteiger partial charge in [-0.25, -0.2) is 0 Å². The van der Waals surface area contributed by atoms with Crippen molar-refractivity contribution in [2.24, 2.45) is 11.8 Å². The number of aliphatic carboxylic acids is 1. The zero-order chi connectivity index (χ0) is 12.3. The summed E-state index contributed by atoms with van der Waals surface area (Å²) in [6.07, 6.45) is 3.06. The number of amides is 1. The highest BCUT2D eigenvalue weighted by Gasteiger charge is 2.34. The maximum Gasteiger partial charge on any atom is 0.226 e. The summed E-state index contributed by atoms with van der Waals surface area (Å²) in [4.78, 5) is 25.0. The van der Waals surface area contributed by atoms with Crippen molar-refractivity contribution in [2.45, 2.75) is 25.7 Å². The molecule has 1 saturated heterocycles. The van der Waals surface area contributed by atoms with Crippen molar-refractivity contribution in [3.05, 3.63) is 0 Å². The zero-order valence-electron chi connectivity index (χ0n) is 9.89. The van der Waals surface area contributed by atoms with Crippen molar-refractivity contribution in [3.8, 4) is 0 Å². The molecule has 0 N–H and O–H groups in total. The van der Waals surface area contributed by atoms with Crippen molar-refractivity contribution in [1.82, 2.24) is 4.90 Å². The van der Waals surface area contributed by atoms with E-state index >= 15 is 0 Å². The summed E-state index contributed by atoms with van der Waals surface area (Å²) in [5.41, 5.74) is 0. The first-order valence-electron chi connectivity index (χ1n) is 6.27. The second kappa shape index (κ2) is 5.49. The molecule has 5 nitrogen and oxygen atoms in total. The fourth-order valence-corrected chi connectivity index (χ4v) is 2.73. The first-order chi connectivity index (χ1) is 8.20. The van der Waals surface area contributed by atoms with Crippen LogP contribution in [0.3, 0.4) is 0 Å². The van der Waals surface area contributed by atoms with Gasteiger partial charge < -0.3 is 19.5 Å². The standard InChI is InChI=1S/C12H19NO4/c14-11(13-5-7-17-8-6-13)9-3-1-2-4-10(9)12(15)16/h9-10H,1-8H2,(H,15,16)/p-1/t9-,10-/m1/s1. The van der Waals surface area contributed by atoms with Crippen molar-refractivity contribution in [3.63, 3.8) is 0 Å². The van der Waals surface area contributed by atoms with E-state index in [-0.39, 0.29) is 11.8 Å². The third-order valence-electron chi connectivity index (χ3n) is 3.71. The van der Waals surface area contributed by atoms with E-state index in [1.54, 1.807) is 4.90 Å². The molecule has 0 bridgehead atoms. The number of nitrogens with zero attached hydrogens (tertiary/aromatic N) is 1. The van der Waals surface area contributed by atoms with Crippen LogP contribution in [-0.4, -0.2) is 43.1 Å². The zero-order valence-corrected chi connectivity index (χ0v) is 9.89. The highest BCUT2D eigenvalue weighted by atomic mass is 16.5. The van der Waals surface area contributed by atoms with Crippen LogP contribution in [0.4, 0.5) is 0 Å². The van der Waals surface area contributed by atoms with Crippen molar-refractivity contribution >= 4 is 11.9 Å². The quantitative estimate of drug-likeness (QED) is 0.646. The molecule has 0 radical (unpaired) electrons. The summed E-state index contributed by atoms with van der Waals surface area (Å²) < 4.78 is 5.19. The fraction of sp³-hybridized carbons (Fsp3) is 0.833. The van der Waals surface area contributed by atoms with Gasteiger partial charge in [-0.3, -0.25) is 4.79 Å². The number of carbonyl (C=O) groups excluding carboxylic acids is 2. The van der Waals surface area contributed by atoms with E-state index in [1.807, 2.05) is 0 Å². The average Bonchev–Trinajstić information content (AvgIpc) is 2.39. The molecule has 5 heteroatoms. The first-order valence-corrected chi connectivity index (χ1v) is 6.27. The highest BCUT2D eigenvalue weighted by molar-refractivity contribution is 5.84. The molecule has 1 amide bonds. The summed E-state index contributed by atoms with van der Waals surface area (Å²) in [6, 6.07) is 0. The summed E-state index contributed by atoms with van der Waals surface area (Å²) in [6.45, 7) is 2.26. The van der Waals surface area contributed by atoms with E-state index in [2.05, 4.69) is 0 Å². The largest absolute Gasteiger partial charge is 0.550 e. The fourth-order valence-electron chi connectivity index (χ4n) is 2.73. The van der Waals surface area contributed by atoms with Crippen molar-refractivity contribution < 1.29 is 19.4 Å². The minimum absolute atomic E-state index is 0.0257. The van der Waals surface area contributed by atoms with E-state index in [4.69, 9.17) is 4.74 Å². The number of hydrogen-bond donors (Lipinski definition) is 0. The Kier molecular flexibility index (Phi) is 3.99. The Hall–Kier alpha value is -1.10. The Bertz CT molecular complexity index is 299. The minimum atomic E-state index is -1.07. The summed E-state index contributed by atoms with van der Waals surface area (Å²) in [5.74, 6) is -2.08. The van der Waals surface area contributed by atoms with Gasteiger partial charge in [-0.15, -0.1) is 0 Å². The van der Waals surface area contributed by atoms with Crippen LogP contribution in [0.5, 0.6) is 0 Å². The summed E-state index contributed by atoms with van der Waals surface area (Å²) in [5, 5.41) is 11.0. The summed E-state index contributed by atoms with van der Waals surface area (Å²) >= 11 is 0. The smallest absolute Gasteiger partial charge is 0.226 e. The van der Waals surface area contributed by atoms with Crippen molar-refractivity contribution in [1.29, 1.82) is 0 Å². The van der Waals surface area contributed by atoms with Gasteiger partial charge in [0.25, 0.3) is 0 Å². The molecule has 2 rings (SSSR count). The molecule has 96 valence electrons. The second-order valence-corrected chi connectivity index (χ2v) is 4.75. The predicted octanol–water partition coefficient (Wildman–Crippen LogP) is -0.598. The Morgan fingerprint density at radius 2 is 1.65 bits per heavy atom. The van der Waals surface area contributed by atoms with Crippen LogP contribution < -0.4 is 5.11 Å². The highest BCUT2D eigenvalue weighted by Crippen LogP contribution is 2.31. The predicted molar refractivity (Wildman–Crippen MR) is 57.9 cm³/mol. The van der Waals surface area contributed by atoms with Crippen LogP contribution >= 0.6 is 0 Å². The van der Waals surface area contributed by atoms with E-state index in [9.17, 15) is 14.7 Å².